The van der Waals surface area contributed by atoms with Crippen LogP contribution in [0.25, 0.3) is 0 Å². The first-order chi connectivity index (χ1) is 10.3. The van der Waals surface area contributed by atoms with Gasteiger partial charge in [0, 0.05) is 13.0 Å². The maximum Gasteiger partial charge on any atom is 0.407 e. The summed E-state index contributed by atoms with van der Waals surface area (Å²) in [5.74, 6) is 6.15. The quantitative estimate of drug-likeness (QED) is 0.690. The monoisotopic (exact) mass is 299 g/mol. The maximum atomic E-state index is 11.5. The van der Waals surface area contributed by atoms with E-state index in [0.717, 1.165) is 10.4 Å². The largest absolute Gasteiger partial charge is 0.445 e. The highest BCUT2D eigenvalue weighted by atomic mass is 32.1. The number of thiophene rings is 1. The molecule has 1 aromatic heterocycles. The van der Waals surface area contributed by atoms with Crippen LogP contribution in [-0.2, 0) is 11.3 Å². The molecule has 1 aromatic carbocycles. The third kappa shape index (κ3) is 5.33. The summed E-state index contributed by atoms with van der Waals surface area (Å²) in [5, 5.41) is 4.71. The molecule has 1 heterocycles. The Labute approximate surface area is 129 Å². The SMILES string of the molecule is Cc1ccsc1C#CCCNC(=O)OCc1ccccc1. The van der Waals surface area contributed by atoms with Crippen molar-refractivity contribution in [3.63, 3.8) is 0 Å². The summed E-state index contributed by atoms with van der Waals surface area (Å²) in [7, 11) is 0. The predicted octanol–water partition coefficient (Wildman–Crippen LogP) is 3.72. The van der Waals surface area contributed by atoms with Crippen LogP contribution in [0, 0.1) is 18.8 Å². The second-order valence-electron chi connectivity index (χ2n) is 4.47. The molecule has 2 aromatic rings. The number of nitrogens with one attached hydrogen (secondary N) is 1. The van der Waals surface area contributed by atoms with Crippen LogP contribution in [0.5, 0.6) is 0 Å². The molecule has 0 unspecified atom stereocenters. The van der Waals surface area contributed by atoms with Crippen LogP contribution >= 0.6 is 11.3 Å². The topological polar surface area (TPSA) is 38.3 Å². The van der Waals surface area contributed by atoms with Gasteiger partial charge in [-0.25, -0.2) is 4.79 Å². The van der Waals surface area contributed by atoms with Crippen molar-refractivity contribution in [2.45, 2.75) is 20.0 Å². The van der Waals surface area contributed by atoms with Crippen LogP contribution in [0.15, 0.2) is 41.8 Å². The highest BCUT2D eigenvalue weighted by molar-refractivity contribution is 7.10. The van der Waals surface area contributed by atoms with E-state index in [9.17, 15) is 4.79 Å². The number of carbonyl (C=O) groups excluding carboxylic acids is 1. The normalized spacial score (nSPS) is 9.57. The van der Waals surface area contributed by atoms with Gasteiger partial charge in [0.15, 0.2) is 0 Å². The molecule has 1 N–H and O–H groups in total. The van der Waals surface area contributed by atoms with Gasteiger partial charge < -0.3 is 10.1 Å². The number of alkyl carbamates (subject to hydrolysis) is 1. The predicted molar refractivity (Wildman–Crippen MR) is 85.2 cm³/mol. The highest BCUT2D eigenvalue weighted by Gasteiger charge is 2.00. The van der Waals surface area contributed by atoms with Gasteiger partial charge >= 0.3 is 6.09 Å². The molecule has 0 saturated heterocycles. The van der Waals surface area contributed by atoms with Crippen molar-refractivity contribution in [2.24, 2.45) is 0 Å². The molecule has 0 aliphatic carbocycles. The number of benzene rings is 1. The summed E-state index contributed by atoms with van der Waals surface area (Å²) < 4.78 is 5.10. The zero-order valence-corrected chi connectivity index (χ0v) is 12.7. The standard InChI is InChI=1S/C17H17NO2S/c1-14-10-12-21-16(14)9-5-6-11-18-17(19)20-13-15-7-3-2-4-8-15/h2-4,7-8,10,12H,6,11,13H2,1H3,(H,18,19). The third-order valence-corrected chi connectivity index (χ3v) is 3.73. The average Bonchev–Trinajstić information content (AvgIpc) is 2.91. The van der Waals surface area contributed by atoms with Crippen LogP contribution in [0.4, 0.5) is 4.79 Å². The molecular weight excluding hydrogens is 282 g/mol. The molecule has 0 aliphatic heterocycles. The Hall–Kier alpha value is -2.25. The van der Waals surface area contributed by atoms with E-state index in [1.807, 2.05) is 48.7 Å². The van der Waals surface area contributed by atoms with E-state index in [1.165, 1.54) is 5.56 Å². The van der Waals surface area contributed by atoms with Gasteiger partial charge in [-0.2, -0.15) is 0 Å². The molecule has 0 bridgehead atoms. The van der Waals surface area contributed by atoms with E-state index >= 15 is 0 Å². The smallest absolute Gasteiger partial charge is 0.407 e. The van der Waals surface area contributed by atoms with Crippen molar-refractivity contribution in [2.75, 3.05) is 6.54 Å². The summed E-state index contributed by atoms with van der Waals surface area (Å²) >= 11 is 1.63. The minimum absolute atomic E-state index is 0.284. The fourth-order valence-electron chi connectivity index (χ4n) is 1.64. The summed E-state index contributed by atoms with van der Waals surface area (Å²) in [6.45, 7) is 2.82. The van der Waals surface area contributed by atoms with Crippen molar-refractivity contribution >= 4 is 17.4 Å². The Balaban J connectivity index is 1.64. The molecule has 2 rings (SSSR count). The lowest BCUT2D eigenvalue weighted by molar-refractivity contribution is 0.140. The van der Waals surface area contributed by atoms with E-state index in [-0.39, 0.29) is 6.61 Å². The van der Waals surface area contributed by atoms with Crippen LogP contribution in [0.3, 0.4) is 0 Å². The first kappa shape index (κ1) is 15.1. The molecule has 0 spiro atoms. The summed E-state index contributed by atoms with van der Waals surface area (Å²) in [5.41, 5.74) is 2.17. The zero-order valence-electron chi connectivity index (χ0n) is 11.9. The van der Waals surface area contributed by atoms with Crippen LogP contribution in [-0.4, -0.2) is 12.6 Å². The van der Waals surface area contributed by atoms with Crippen molar-refractivity contribution in [1.82, 2.24) is 5.32 Å². The van der Waals surface area contributed by atoms with Crippen molar-refractivity contribution in [3.8, 4) is 11.8 Å². The highest BCUT2D eigenvalue weighted by Crippen LogP contribution is 2.13. The van der Waals surface area contributed by atoms with Crippen molar-refractivity contribution in [1.29, 1.82) is 0 Å². The van der Waals surface area contributed by atoms with Crippen LogP contribution in [0.2, 0.25) is 0 Å². The first-order valence-electron chi connectivity index (χ1n) is 6.73. The molecule has 0 fully saturated rings. The molecule has 3 nitrogen and oxygen atoms in total. The first-order valence-corrected chi connectivity index (χ1v) is 7.61. The molecule has 0 aliphatic rings. The number of ether oxygens (including phenoxy) is 1. The maximum absolute atomic E-state index is 11.5. The van der Waals surface area contributed by atoms with Gasteiger partial charge in [-0.1, -0.05) is 42.2 Å². The van der Waals surface area contributed by atoms with Crippen LogP contribution < -0.4 is 5.32 Å². The van der Waals surface area contributed by atoms with Crippen molar-refractivity contribution < 1.29 is 9.53 Å². The Kier molecular flexibility index (Phi) is 5.86. The van der Waals surface area contributed by atoms with Gasteiger partial charge in [-0.3, -0.25) is 0 Å². The Bertz CT molecular complexity index is 638. The number of hydrogen-bond acceptors (Lipinski definition) is 3. The van der Waals surface area contributed by atoms with Gasteiger partial charge in [0.05, 0.1) is 4.88 Å². The van der Waals surface area contributed by atoms with E-state index in [2.05, 4.69) is 17.2 Å². The van der Waals surface area contributed by atoms with Crippen molar-refractivity contribution in [3.05, 3.63) is 57.8 Å². The van der Waals surface area contributed by atoms with Gasteiger partial charge in [-0.05, 0) is 29.5 Å². The fraction of sp³-hybridized carbons (Fsp3) is 0.235. The van der Waals surface area contributed by atoms with E-state index in [1.54, 1.807) is 11.3 Å². The second kappa shape index (κ2) is 8.13. The zero-order chi connectivity index (χ0) is 14.9. The minimum atomic E-state index is -0.409. The summed E-state index contributed by atoms with van der Waals surface area (Å²) in [4.78, 5) is 12.6. The summed E-state index contributed by atoms with van der Waals surface area (Å²) in [6, 6.07) is 11.6. The van der Waals surface area contributed by atoms with Crippen LogP contribution in [0.1, 0.15) is 22.4 Å². The van der Waals surface area contributed by atoms with Gasteiger partial charge in [0.25, 0.3) is 0 Å². The molecule has 108 valence electrons. The Morgan fingerprint density at radius 1 is 1.29 bits per heavy atom. The molecule has 0 saturated carbocycles. The van der Waals surface area contributed by atoms with Gasteiger partial charge in [0.2, 0.25) is 0 Å². The minimum Gasteiger partial charge on any atom is -0.445 e. The average molecular weight is 299 g/mol. The second-order valence-corrected chi connectivity index (χ2v) is 5.39. The number of aryl methyl sites for hydroxylation is 1. The molecule has 4 heteroatoms. The Morgan fingerprint density at radius 2 is 2.10 bits per heavy atom. The molecule has 0 radical (unpaired) electrons. The van der Waals surface area contributed by atoms with E-state index in [0.29, 0.717) is 13.0 Å². The molecule has 21 heavy (non-hydrogen) atoms. The lowest BCUT2D eigenvalue weighted by atomic mass is 10.2. The number of carbonyl (C=O) groups is 1. The molecule has 1 amide bonds. The lowest BCUT2D eigenvalue weighted by Gasteiger charge is -2.05. The number of rotatable bonds is 4. The van der Waals surface area contributed by atoms with Gasteiger partial charge in [0.1, 0.15) is 6.61 Å². The van der Waals surface area contributed by atoms with E-state index < -0.39 is 6.09 Å². The number of hydrogen-bond donors (Lipinski definition) is 1. The lowest BCUT2D eigenvalue weighted by Crippen LogP contribution is -2.24. The Morgan fingerprint density at radius 3 is 2.81 bits per heavy atom. The molecular formula is C17H17NO2S. The third-order valence-electron chi connectivity index (χ3n) is 2.80. The van der Waals surface area contributed by atoms with E-state index in [4.69, 9.17) is 4.74 Å². The number of amides is 1. The fourth-order valence-corrected chi connectivity index (χ4v) is 2.44. The summed E-state index contributed by atoms with van der Waals surface area (Å²) in [6.07, 6.45) is 0.200. The molecule has 0 atom stereocenters. The van der Waals surface area contributed by atoms with Gasteiger partial charge in [-0.15, -0.1) is 11.3 Å².